The number of esters is 1. The average molecular weight is 264 g/mol. The summed E-state index contributed by atoms with van der Waals surface area (Å²) in [5.74, 6) is -0.721. The van der Waals surface area contributed by atoms with Gasteiger partial charge < -0.3 is 15.8 Å². The lowest BCUT2D eigenvalue weighted by molar-refractivity contribution is -0.120. The first-order valence-corrected chi connectivity index (χ1v) is 6.11. The molecule has 5 nitrogen and oxygen atoms in total. The largest absolute Gasteiger partial charge is 0.465 e. The van der Waals surface area contributed by atoms with E-state index < -0.39 is 11.5 Å². The number of methoxy groups -OCH3 is 1. The van der Waals surface area contributed by atoms with Gasteiger partial charge in [-0.3, -0.25) is 4.79 Å². The van der Waals surface area contributed by atoms with E-state index >= 15 is 0 Å². The summed E-state index contributed by atoms with van der Waals surface area (Å²) in [5.41, 5.74) is 6.75. The third kappa shape index (κ3) is 3.54. The van der Waals surface area contributed by atoms with Crippen LogP contribution in [-0.4, -0.2) is 24.5 Å². The van der Waals surface area contributed by atoms with Gasteiger partial charge in [0.15, 0.2) is 0 Å². The van der Waals surface area contributed by atoms with Crippen molar-refractivity contribution in [3.05, 3.63) is 29.3 Å². The van der Waals surface area contributed by atoms with Crippen LogP contribution in [-0.2, 0) is 9.53 Å². The quantitative estimate of drug-likeness (QED) is 0.813. The van der Waals surface area contributed by atoms with E-state index in [2.05, 4.69) is 10.1 Å². The number of carbonyl (C=O) groups is 2. The number of carbonyl (C=O) groups excluding carboxylic acids is 2. The zero-order valence-corrected chi connectivity index (χ0v) is 11.7. The highest BCUT2D eigenvalue weighted by atomic mass is 16.5. The highest BCUT2D eigenvalue weighted by Gasteiger charge is 2.26. The lowest BCUT2D eigenvalue weighted by Gasteiger charge is -2.22. The summed E-state index contributed by atoms with van der Waals surface area (Å²) >= 11 is 0. The van der Waals surface area contributed by atoms with E-state index in [-0.39, 0.29) is 5.91 Å². The lowest BCUT2D eigenvalue weighted by atomic mass is 9.99. The number of ether oxygens (including phenoxy) is 1. The number of benzene rings is 1. The van der Waals surface area contributed by atoms with Gasteiger partial charge in [0, 0.05) is 5.69 Å². The predicted octanol–water partition coefficient (Wildman–Crippen LogP) is 1.85. The highest BCUT2D eigenvalue weighted by molar-refractivity contribution is 5.99. The maximum atomic E-state index is 12.0. The van der Waals surface area contributed by atoms with Crippen LogP contribution in [0.25, 0.3) is 0 Å². The molecule has 1 amide bonds. The maximum absolute atomic E-state index is 12.0. The molecule has 1 unspecified atom stereocenters. The Hall–Kier alpha value is -1.88. The second kappa shape index (κ2) is 5.84. The number of amides is 1. The smallest absolute Gasteiger partial charge is 0.337 e. The van der Waals surface area contributed by atoms with Crippen LogP contribution in [0.5, 0.6) is 0 Å². The van der Waals surface area contributed by atoms with Crippen molar-refractivity contribution in [2.75, 3.05) is 12.4 Å². The van der Waals surface area contributed by atoms with Gasteiger partial charge in [-0.05, 0) is 38.0 Å². The molecule has 0 saturated heterocycles. The van der Waals surface area contributed by atoms with Gasteiger partial charge in [-0.25, -0.2) is 4.79 Å². The summed E-state index contributed by atoms with van der Waals surface area (Å²) in [4.78, 5) is 23.5. The van der Waals surface area contributed by atoms with Crippen molar-refractivity contribution in [1.29, 1.82) is 0 Å². The number of rotatable bonds is 4. The van der Waals surface area contributed by atoms with E-state index in [9.17, 15) is 9.59 Å². The van der Waals surface area contributed by atoms with Crippen molar-refractivity contribution in [2.45, 2.75) is 32.7 Å². The van der Waals surface area contributed by atoms with Crippen LogP contribution in [0.3, 0.4) is 0 Å². The Labute approximate surface area is 113 Å². The van der Waals surface area contributed by atoms with E-state index in [1.807, 2.05) is 13.8 Å². The monoisotopic (exact) mass is 264 g/mol. The van der Waals surface area contributed by atoms with Gasteiger partial charge >= 0.3 is 5.97 Å². The summed E-state index contributed by atoms with van der Waals surface area (Å²) in [7, 11) is 1.31. The Balaban J connectivity index is 3.01. The van der Waals surface area contributed by atoms with Crippen molar-refractivity contribution < 1.29 is 14.3 Å². The second-order valence-corrected chi connectivity index (χ2v) is 4.75. The minimum absolute atomic E-state index is 0.278. The number of nitrogens with one attached hydrogen (secondary N) is 1. The lowest BCUT2D eigenvalue weighted by Crippen LogP contribution is -2.47. The summed E-state index contributed by atoms with van der Waals surface area (Å²) in [6.07, 6.45) is 0.522. The average Bonchev–Trinajstić information content (AvgIpc) is 2.40. The van der Waals surface area contributed by atoms with Crippen molar-refractivity contribution in [1.82, 2.24) is 0 Å². The SMILES string of the molecule is CCC(C)(N)C(=O)Nc1cc(C(=O)OC)ccc1C. The molecule has 104 valence electrons. The molecule has 0 aliphatic carbocycles. The molecule has 19 heavy (non-hydrogen) atoms. The van der Waals surface area contributed by atoms with Gasteiger partial charge in [-0.2, -0.15) is 0 Å². The molecule has 5 heteroatoms. The first-order chi connectivity index (χ1) is 8.81. The molecule has 0 aliphatic heterocycles. The number of nitrogens with two attached hydrogens (primary N) is 1. The molecule has 0 saturated carbocycles. The van der Waals surface area contributed by atoms with Gasteiger partial charge in [0.1, 0.15) is 0 Å². The number of aryl methyl sites for hydroxylation is 1. The molecule has 0 aliphatic rings. The van der Waals surface area contributed by atoms with Crippen molar-refractivity contribution >= 4 is 17.6 Å². The molecule has 0 spiro atoms. The molecule has 0 radical (unpaired) electrons. The molecule has 1 aromatic rings. The minimum atomic E-state index is -0.937. The van der Waals surface area contributed by atoms with Gasteiger partial charge in [-0.15, -0.1) is 0 Å². The van der Waals surface area contributed by atoms with Gasteiger partial charge in [-0.1, -0.05) is 13.0 Å². The molecule has 0 fully saturated rings. The van der Waals surface area contributed by atoms with Gasteiger partial charge in [0.25, 0.3) is 0 Å². The molecule has 1 atom stereocenters. The van der Waals surface area contributed by atoms with Crippen LogP contribution in [0, 0.1) is 6.92 Å². The fourth-order valence-electron chi connectivity index (χ4n) is 1.43. The second-order valence-electron chi connectivity index (χ2n) is 4.75. The van der Waals surface area contributed by atoms with Gasteiger partial charge in [0.2, 0.25) is 5.91 Å². The zero-order chi connectivity index (χ0) is 14.6. The highest BCUT2D eigenvalue weighted by Crippen LogP contribution is 2.19. The molecule has 0 heterocycles. The summed E-state index contributed by atoms with van der Waals surface area (Å²) in [5, 5.41) is 2.75. The molecule has 0 bridgehead atoms. The maximum Gasteiger partial charge on any atom is 0.337 e. The van der Waals surface area contributed by atoms with E-state index in [0.29, 0.717) is 17.7 Å². The summed E-state index contributed by atoms with van der Waals surface area (Å²) in [6, 6.07) is 4.99. The number of anilines is 1. The molecular formula is C14H20N2O3. The van der Waals surface area contributed by atoms with Crippen LogP contribution >= 0.6 is 0 Å². The van der Waals surface area contributed by atoms with Crippen LogP contribution < -0.4 is 11.1 Å². The van der Waals surface area contributed by atoms with Gasteiger partial charge in [0.05, 0.1) is 18.2 Å². The van der Waals surface area contributed by atoms with E-state index in [4.69, 9.17) is 5.73 Å². The van der Waals surface area contributed by atoms with E-state index in [1.165, 1.54) is 7.11 Å². The number of hydrogen-bond donors (Lipinski definition) is 2. The third-order valence-electron chi connectivity index (χ3n) is 3.16. The van der Waals surface area contributed by atoms with Crippen LogP contribution in [0.2, 0.25) is 0 Å². The Kier molecular flexibility index (Phi) is 4.67. The topological polar surface area (TPSA) is 81.4 Å². The zero-order valence-electron chi connectivity index (χ0n) is 11.7. The standard InChI is InChI=1S/C14H20N2O3/c1-5-14(3,15)13(18)16-11-8-10(12(17)19-4)7-6-9(11)2/h6-8H,5,15H2,1-4H3,(H,16,18). The molecule has 1 aromatic carbocycles. The van der Waals surface area contributed by atoms with Crippen molar-refractivity contribution in [2.24, 2.45) is 5.73 Å². The van der Waals surface area contributed by atoms with Crippen LogP contribution in [0.4, 0.5) is 5.69 Å². The normalized spacial score (nSPS) is 13.5. The molecule has 3 N–H and O–H groups in total. The van der Waals surface area contributed by atoms with Crippen molar-refractivity contribution in [3.63, 3.8) is 0 Å². The Bertz CT molecular complexity index is 495. The molecule has 0 aromatic heterocycles. The Morgan fingerprint density at radius 2 is 2.05 bits per heavy atom. The first-order valence-electron chi connectivity index (χ1n) is 6.11. The summed E-state index contributed by atoms with van der Waals surface area (Å²) in [6.45, 7) is 5.36. The van der Waals surface area contributed by atoms with E-state index in [0.717, 1.165) is 5.56 Å². The fourth-order valence-corrected chi connectivity index (χ4v) is 1.43. The molecule has 1 rings (SSSR count). The predicted molar refractivity (Wildman–Crippen MR) is 74.0 cm³/mol. The third-order valence-corrected chi connectivity index (χ3v) is 3.16. The Morgan fingerprint density at radius 3 is 2.58 bits per heavy atom. The number of hydrogen-bond acceptors (Lipinski definition) is 4. The Morgan fingerprint density at radius 1 is 1.42 bits per heavy atom. The molecular weight excluding hydrogens is 244 g/mol. The van der Waals surface area contributed by atoms with E-state index in [1.54, 1.807) is 25.1 Å². The van der Waals surface area contributed by atoms with Crippen LogP contribution in [0.15, 0.2) is 18.2 Å². The van der Waals surface area contributed by atoms with Crippen LogP contribution in [0.1, 0.15) is 36.2 Å². The summed E-state index contributed by atoms with van der Waals surface area (Å²) < 4.78 is 4.65. The minimum Gasteiger partial charge on any atom is -0.465 e. The van der Waals surface area contributed by atoms with Crippen molar-refractivity contribution in [3.8, 4) is 0 Å². The first kappa shape index (κ1) is 15.2. The fraction of sp³-hybridized carbons (Fsp3) is 0.429.